The topological polar surface area (TPSA) is 64.1 Å². The molecule has 0 spiro atoms. The molecule has 0 radical (unpaired) electrons. The van der Waals surface area contributed by atoms with Crippen molar-refractivity contribution in [2.24, 2.45) is 0 Å². The largest absolute Gasteiger partial charge is 0.398 e. The highest BCUT2D eigenvalue weighted by molar-refractivity contribution is 5.80. The first-order chi connectivity index (χ1) is 7.68. The molecular formula is C13H15N3. The number of nitrogens with one attached hydrogen (secondary N) is 1. The molecule has 0 amide bonds. The maximum Gasteiger partial charge on any atom is 0.0668 e. The minimum atomic E-state index is 0.704. The molecule has 0 saturated heterocycles. The van der Waals surface area contributed by atoms with Gasteiger partial charge in [-0.25, -0.2) is 0 Å². The quantitative estimate of drug-likeness (QED) is 0.672. The smallest absolute Gasteiger partial charge is 0.0668 e. The number of nitrogens with two attached hydrogens (primary N) is 2. The van der Waals surface area contributed by atoms with Crippen LogP contribution in [-0.2, 0) is 0 Å². The van der Waals surface area contributed by atoms with Gasteiger partial charge in [0.2, 0.25) is 0 Å². The molecule has 0 saturated carbocycles. The van der Waals surface area contributed by atoms with Crippen LogP contribution in [0.5, 0.6) is 0 Å². The molecule has 82 valence electrons. The Hall–Kier alpha value is -2.16. The molecule has 3 nitrogen and oxygen atoms in total. The van der Waals surface area contributed by atoms with Crippen molar-refractivity contribution >= 4 is 22.7 Å². The Morgan fingerprint density at radius 3 is 2.19 bits per heavy atom. The second kappa shape index (κ2) is 4.14. The number of benzene rings is 2. The van der Waals surface area contributed by atoms with Crippen molar-refractivity contribution in [2.75, 3.05) is 16.8 Å². The van der Waals surface area contributed by atoms with Crippen molar-refractivity contribution in [1.29, 1.82) is 0 Å². The van der Waals surface area contributed by atoms with Crippen LogP contribution >= 0.6 is 0 Å². The number of nitrogen functional groups attached to an aromatic ring is 2. The number of hydrogen-bond acceptors (Lipinski definition) is 3. The summed E-state index contributed by atoms with van der Waals surface area (Å²) >= 11 is 0. The predicted octanol–water partition coefficient (Wildman–Crippen LogP) is 2.90. The summed E-state index contributed by atoms with van der Waals surface area (Å²) in [5.74, 6) is 0. The van der Waals surface area contributed by atoms with Crippen LogP contribution in [0.15, 0.2) is 42.5 Å². The highest BCUT2D eigenvalue weighted by Gasteiger charge is 2.05. The van der Waals surface area contributed by atoms with Gasteiger partial charge in [-0.2, -0.15) is 0 Å². The minimum Gasteiger partial charge on any atom is -0.398 e. The van der Waals surface area contributed by atoms with E-state index in [9.17, 15) is 0 Å². The van der Waals surface area contributed by atoms with Gasteiger partial charge in [-0.15, -0.1) is 0 Å². The van der Waals surface area contributed by atoms with Crippen LogP contribution < -0.4 is 16.8 Å². The second-order valence-corrected chi connectivity index (χ2v) is 3.74. The number of hydrogen-bond donors (Lipinski definition) is 3. The molecule has 0 heterocycles. The Bertz CT molecular complexity index is 492. The van der Waals surface area contributed by atoms with E-state index in [4.69, 9.17) is 11.5 Å². The lowest BCUT2D eigenvalue weighted by Crippen LogP contribution is -2.01. The molecule has 0 atom stereocenters. The fraction of sp³-hybridized carbons (Fsp3) is 0.0769. The first kappa shape index (κ1) is 10.4. The van der Waals surface area contributed by atoms with Crippen LogP contribution in [0, 0.1) is 6.92 Å². The van der Waals surface area contributed by atoms with Gasteiger partial charge in [0.25, 0.3) is 0 Å². The summed E-state index contributed by atoms with van der Waals surface area (Å²) in [6, 6.07) is 13.5. The fourth-order valence-corrected chi connectivity index (χ4v) is 1.58. The maximum atomic E-state index is 5.92. The average Bonchev–Trinajstić information content (AvgIpc) is 2.31. The van der Waals surface area contributed by atoms with E-state index in [1.165, 1.54) is 0 Å². The van der Waals surface area contributed by atoms with Crippen LogP contribution in [0.2, 0.25) is 0 Å². The minimum absolute atomic E-state index is 0.704. The van der Waals surface area contributed by atoms with Crippen LogP contribution in [0.25, 0.3) is 0 Å². The van der Waals surface area contributed by atoms with Gasteiger partial charge in [-0.3, -0.25) is 0 Å². The molecule has 0 aliphatic heterocycles. The van der Waals surface area contributed by atoms with Crippen molar-refractivity contribution < 1.29 is 0 Å². The Kier molecular flexibility index (Phi) is 2.68. The summed E-state index contributed by atoms with van der Waals surface area (Å²) in [4.78, 5) is 0. The molecule has 2 aromatic carbocycles. The van der Waals surface area contributed by atoms with Crippen molar-refractivity contribution in [3.05, 3.63) is 48.0 Å². The van der Waals surface area contributed by atoms with E-state index in [-0.39, 0.29) is 0 Å². The zero-order valence-electron chi connectivity index (χ0n) is 9.20. The van der Waals surface area contributed by atoms with E-state index in [1.807, 2.05) is 49.4 Å². The fourth-order valence-electron chi connectivity index (χ4n) is 1.58. The molecule has 16 heavy (non-hydrogen) atoms. The Balaban J connectivity index is 2.38. The third-order valence-electron chi connectivity index (χ3n) is 2.58. The molecule has 0 aliphatic rings. The van der Waals surface area contributed by atoms with E-state index in [1.54, 1.807) is 0 Å². The standard InChI is InChI=1S/C13H15N3/c1-9-11(14)7-8-12(15)13(9)16-10-5-3-2-4-6-10/h2-8,16H,14-15H2,1H3. The molecule has 0 aliphatic carbocycles. The lowest BCUT2D eigenvalue weighted by Gasteiger charge is -2.13. The van der Waals surface area contributed by atoms with Gasteiger partial charge in [0.05, 0.1) is 11.4 Å². The Morgan fingerprint density at radius 1 is 0.875 bits per heavy atom. The highest BCUT2D eigenvalue weighted by Crippen LogP contribution is 2.30. The van der Waals surface area contributed by atoms with Crippen molar-refractivity contribution in [3.63, 3.8) is 0 Å². The Labute approximate surface area is 95.1 Å². The second-order valence-electron chi connectivity index (χ2n) is 3.74. The lowest BCUT2D eigenvalue weighted by atomic mass is 10.1. The summed E-state index contributed by atoms with van der Waals surface area (Å²) in [6.07, 6.45) is 0. The van der Waals surface area contributed by atoms with E-state index in [0.29, 0.717) is 5.69 Å². The van der Waals surface area contributed by atoms with Gasteiger partial charge in [0.15, 0.2) is 0 Å². The van der Waals surface area contributed by atoms with Crippen molar-refractivity contribution in [3.8, 4) is 0 Å². The highest BCUT2D eigenvalue weighted by atomic mass is 14.9. The molecule has 3 heteroatoms. The molecule has 0 unspecified atom stereocenters. The third-order valence-corrected chi connectivity index (χ3v) is 2.58. The molecule has 0 aromatic heterocycles. The van der Waals surface area contributed by atoms with E-state index in [0.717, 1.165) is 22.6 Å². The predicted molar refractivity (Wildman–Crippen MR) is 69.7 cm³/mol. The summed E-state index contributed by atoms with van der Waals surface area (Å²) in [5, 5.41) is 3.28. The SMILES string of the molecule is Cc1c(N)ccc(N)c1Nc1ccccc1. The first-order valence-corrected chi connectivity index (χ1v) is 5.15. The first-order valence-electron chi connectivity index (χ1n) is 5.15. The number of anilines is 4. The van der Waals surface area contributed by atoms with Gasteiger partial charge in [-0.05, 0) is 36.8 Å². The zero-order valence-corrected chi connectivity index (χ0v) is 9.20. The molecule has 5 N–H and O–H groups in total. The van der Waals surface area contributed by atoms with E-state index in [2.05, 4.69) is 5.32 Å². The van der Waals surface area contributed by atoms with Crippen LogP contribution in [0.3, 0.4) is 0 Å². The monoisotopic (exact) mass is 213 g/mol. The van der Waals surface area contributed by atoms with Gasteiger partial charge >= 0.3 is 0 Å². The zero-order chi connectivity index (χ0) is 11.5. The molecule has 2 rings (SSSR count). The van der Waals surface area contributed by atoms with Crippen molar-refractivity contribution in [1.82, 2.24) is 0 Å². The Morgan fingerprint density at radius 2 is 1.50 bits per heavy atom. The molecular weight excluding hydrogens is 198 g/mol. The maximum absolute atomic E-state index is 5.92. The summed E-state index contributed by atoms with van der Waals surface area (Å²) in [7, 11) is 0. The molecule has 0 bridgehead atoms. The van der Waals surface area contributed by atoms with Crippen LogP contribution in [0.4, 0.5) is 22.7 Å². The van der Waals surface area contributed by atoms with Gasteiger partial charge in [-0.1, -0.05) is 18.2 Å². The average molecular weight is 213 g/mol. The van der Waals surface area contributed by atoms with E-state index >= 15 is 0 Å². The van der Waals surface area contributed by atoms with Crippen molar-refractivity contribution in [2.45, 2.75) is 6.92 Å². The molecule has 0 fully saturated rings. The van der Waals surface area contributed by atoms with E-state index < -0.39 is 0 Å². The summed E-state index contributed by atoms with van der Waals surface area (Å²) in [5.41, 5.74) is 16.1. The van der Waals surface area contributed by atoms with Gasteiger partial charge in [0, 0.05) is 11.4 Å². The normalized spacial score (nSPS) is 10.1. The third kappa shape index (κ3) is 1.93. The summed E-state index contributed by atoms with van der Waals surface area (Å²) < 4.78 is 0. The summed E-state index contributed by atoms with van der Waals surface area (Å²) in [6.45, 7) is 1.96. The van der Waals surface area contributed by atoms with Crippen LogP contribution in [0.1, 0.15) is 5.56 Å². The number of para-hydroxylation sites is 1. The van der Waals surface area contributed by atoms with Gasteiger partial charge in [0.1, 0.15) is 0 Å². The van der Waals surface area contributed by atoms with Crippen LogP contribution in [-0.4, -0.2) is 0 Å². The lowest BCUT2D eigenvalue weighted by molar-refractivity contribution is 1.43. The molecule has 2 aromatic rings. The number of rotatable bonds is 2. The van der Waals surface area contributed by atoms with Gasteiger partial charge < -0.3 is 16.8 Å².